The molecule has 1 amide bonds. The van der Waals surface area contributed by atoms with E-state index in [2.05, 4.69) is 5.32 Å². The fraction of sp³-hybridized carbons (Fsp3) is 0.273. The van der Waals surface area contributed by atoms with Crippen LogP contribution in [0.15, 0.2) is 54.1 Å². The summed E-state index contributed by atoms with van der Waals surface area (Å²) in [4.78, 5) is 22.6. The molecule has 1 aliphatic heterocycles. The van der Waals surface area contributed by atoms with Crippen molar-refractivity contribution in [3.8, 4) is 11.8 Å². The van der Waals surface area contributed by atoms with Crippen molar-refractivity contribution in [1.82, 2.24) is 5.32 Å². The van der Waals surface area contributed by atoms with Crippen molar-refractivity contribution in [2.24, 2.45) is 0 Å². The van der Waals surface area contributed by atoms with Crippen LogP contribution in [0.2, 0.25) is 0 Å². The third kappa shape index (κ3) is 5.65. The number of nitrogens with zero attached hydrogens (tertiary/aromatic N) is 2. The Labute approximate surface area is 173 Å². The molecule has 1 fully saturated rings. The maximum atomic E-state index is 12.4. The molecule has 1 unspecified atom stereocenters. The van der Waals surface area contributed by atoms with Crippen molar-refractivity contribution in [2.45, 2.75) is 25.6 Å². The Bertz CT molecular complexity index is 973. The first-order valence-electron chi connectivity index (χ1n) is 9.53. The van der Waals surface area contributed by atoms with Gasteiger partial charge in [-0.15, -0.1) is 0 Å². The molecule has 0 saturated carbocycles. The molecule has 0 aromatic heterocycles. The Kier molecular flexibility index (Phi) is 7.14. The summed E-state index contributed by atoms with van der Waals surface area (Å²) in [6, 6.07) is 15.0. The summed E-state index contributed by atoms with van der Waals surface area (Å²) in [5, 5.41) is 22.9. The predicted octanol–water partition coefficient (Wildman–Crippen LogP) is 3.38. The summed E-state index contributed by atoms with van der Waals surface area (Å²) in [6.07, 6.45) is 3.34. The molecule has 3 rings (SSSR count). The van der Waals surface area contributed by atoms with E-state index in [0.29, 0.717) is 24.5 Å². The van der Waals surface area contributed by atoms with Gasteiger partial charge < -0.3 is 14.8 Å². The summed E-state index contributed by atoms with van der Waals surface area (Å²) in [7, 11) is 0. The van der Waals surface area contributed by atoms with Gasteiger partial charge in [-0.2, -0.15) is 5.26 Å². The molecule has 0 radical (unpaired) electrons. The second kappa shape index (κ2) is 10.2. The lowest BCUT2D eigenvalue weighted by Gasteiger charge is -2.11. The van der Waals surface area contributed by atoms with Gasteiger partial charge in [-0.3, -0.25) is 14.9 Å². The predicted molar refractivity (Wildman–Crippen MR) is 109 cm³/mol. The molecule has 1 heterocycles. The number of para-hydroxylation sites is 1. The van der Waals surface area contributed by atoms with E-state index in [1.165, 1.54) is 18.2 Å². The first-order valence-corrected chi connectivity index (χ1v) is 9.53. The van der Waals surface area contributed by atoms with Gasteiger partial charge >= 0.3 is 0 Å². The summed E-state index contributed by atoms with van der Waals surface area (Å²) in [5.74, 6) is 0.0358. The van der Waals surface area contributed by atoms with E-state index < -0.39 is 10.8 Å². The van der Waals surface area contributed by atoms with Gasteiger partial charge in [-0.05, 0) is 42.7 Å². The number of nitro groups is 1. The highest BCUT2D eigenvalue weighted by molar-refractivity contribution is 6.02. The highest BCUT2D eigenvalue weighted by Gasteiger charge is 2.18. The zero-order chi connectivity index (χ0) is 21.3. The molecule has 0 bridgehead atoms. The lowest BCUT2D eigenvalue weighted by Crippen LogP contribution is -2.32. The molecule has 2 aromatic rings. The second-order valence-corrected chi connectivity index (χ2v) is 6.76. The van der Waals surface area contributed by atoms with Gasteiger partial charge in [0.2, 0.25) is 0 Å². The van der Waals surface area contributed by atoms with Crippen LogP contribution >= 0.6 is 0 Å². The standard InChI is InChI=1S/C22H21N3O5/c23-13-18(22(26)24-14-20-5-3-11-29-20)12-17-4-1-2-6-21(17)30-15-16-7-9-19(10-8-16)25(27)28/h1-2,4,6-10,12,20H,3,5,11,14-15H2,(H,24,26). The maximum Gasteiger partial charge on any atom is 0.269 e. The first kappa shape index (κ1) is 21.0. The molecule has 1 saturated heterocycles. The maximum absolute atomic E-state index is 12.4. The van der Waals surface area contributed by atoms with Crippen molar-refractivity contribution in [3.05, 3.63) is 75.3 Å². The highest BCUT2D eigenvalue weighted by Crippen LogP contribution is 2.23. The lowest BCUT2D eigenvalue weighted by molar-refractivity contribution is -0.384. The number of non-ortho nitro benzene ring substituents is 1. The molecular formula is C22H21N3O5. The Morgan fingerprint density at radius 1 is 1.30 bits per heavy atom. The average Bonchev–Trinajstić information content (AvgIpc) is 3.29. The van der Waals surface area contributed by atoms with Crippen LogP contribution in [0.1, 0.15) is 24.0 Å². The number of nitro benzene ring substituents is 1. The van der Waals surface area contributed by atoms with Crippen LogP contribution in [-0.4, -0.2) is 30.1 Å². The second-order valence-electron chi connectivity index (χ2n) is 6.76. The van der Waals surface area contributed by atoms with Gasteiger partial charge in [0.25, 0.3) is 11.6 Å². The average molecular weight is 407 g/mol. The van der Waals surface area contributed by atoms with Crippen LogP contribution in [-0.2, 0) is 16.1 Å². The zero-order valence-corrected chi connectivity index (χ0v) is 16.2. The molecule has 1 aliphatic rings. The van der Waals surface area contributed by atoms with E-state index in [1.807, 2.05) is 6.07 Å². The smallest absolute Gasteiger partial charge is 0.269 e. The quantitative estimate of drug-likeness (QED) is 0.310. The highest BCUT2D eigenvalue weighted by atomic mass is 16.6. The summed E-state index contributed by atoms with van der Waals surface area (Å²) in [5.41, 5.74) is 1.33. The van der Waals surface area contributed by atoms with Gasteiger partial charge in [0, 0.05) is 30.8 Å². The van der Waals surface area contributed by atoms with E-state index in [0.717, 1.165) is 18.4 Å². The van der Waals surface area contributed by atoms with Crippen molar-refractivity contribution < 1.29 is 19.2 Å². The Morgan fingerprint density at radius 2 is 2.07 bits per heavy atom. The van der Waals surface area contributed by atoms with Gasteiger partial charge in [0.15, 0.2) is 0 Å². The molecular weight excluding hydrogens is 386 g/mol. The van der Waals surface area contributed by atoms with Crippen LogP contribution < -0.4 is 10.1 Å². The minimum absolute atomic E-state index is 0.00814. The zero-order valence-electron chi connectivity index (χ0n) is 16.2. The van der Waals surface area contributed by atoms with Gasteiger partial charge in [0.1, 0.15) is 24.0 Å². The van der Waals surface area contributed by atoms with Crippen molar-refractivity contribution in [1.29, 1.82) is 5.26 Å². The Balaban J connectivity index is 1.67. The van der Waals surface area contributed by atoms with Gasteiger partial charge in [-0.25, -0.2) is 0 Å². The number of ether oxygens (including phenoxy) is 2. The van der Waals surface area contributed by atoms with Crippen LogP contribution in [0.4, 0.5) is 5.69 Å². The minimum atomic E-state index is -0.460. The molecule has 0 spiro atoms. The van der Waals surface area contributed by atoms with E-state index in [1.54, 1.807) is 36.4 Å². The van der Waals surface area contributed by atoms with E-state index in [-0.39, 0.29) is 24.0 Å². The van der Waals surface area contributed by atoms with Crippen LogP contribution in [0.3, 0.4) is 0 Å². The fourth-order valence-electron chi connectivity index (χ4n) is 3.02. The lowest BCUT2D eigenvalue weighted by atomic mass is 10.1. The first-order chi connectivity index (χ1) is 14.6. The van der Waals surface area contributed by atoms with Crippen molar-refractivity contribution in [2.75, 3.05) is 13.2 Å². The number of carbonyl (C=O) groups is 1. The largest absolute Gasteiger partial charge is 0.488 e. The third-order valence-electron chi connectivity index (χ3n) is 4.64. The van der Waals surface area contributed by atoms with Crippen LogP contribution in [0.5, 0.6) is 5.75 Å². The number of benzene rings is 2. The fourth-order valence-corrected chi connectivity index (χ4v) is 3.02. The van der Waals surface area contributed by atoms with E-state index in [9.17, 15) is 20.2 Å². The van der Waals surface area contributed by atoms with Gasteiger partial charge in [0.05, 0.1) is 11.0 Å². The monoisotopic (exact) mass is 407 g/mol. The number of amides is 1. The summed E-state index contributed by atoms with van der Waals surface area (Å²) in [6.45, 7) is 1.26. The molecule has 30 heavy (non-hydrogen) atoms. The van der Waals surface area contributed by atoms with Crippen molar-refractivity contribution in [3.63, 3.8) is 0 Å². The molecule has 0 aliphatic carbocycles. The molecule has 8 heteroatoms. The molecule has 154 valence electrons. The van der Waals surface area contributed by atoms with Crippen LogP contribution in [0.25, 0.3) is 6.08 Å². The molecule has 1 N–H and O–H groups in total. The SMILES string of the molecule is N#CC(=Cc1ccccc1OCc1ccc([N+](=O)[O-])cc1)C(=O)NCC1CCCO1. The number of nitriles is 1. The normalized spacial score (nSPS) is 16.0. The minimum Gasteiger partial charge on any atom is -0.488 e. The molecule has 8 nitrogen and oxygen atoms in total. The summed E-state index contributed by atoms with van der Waals surface area (Å²) >= 11 is 0. The van der Waals surface area contributed by atoms with E-state index >= 15 is 0 Å². The van der Waals surface area contributed by atoms with Crippen molar-refractivity contribution >= 4 is 17.7 Å². The number of hydrogen-bond donors (Lipinski definition) is 1. The van der Waals surface area contributed by atoms with E-state index in [4.69, 9.17) is 9.47 Å². The van der Waals surface area contributed by atoms with Crippen LogP contribution in [0, 0.1) is 21.4 Å². The third-order valence-corrected chi connectivity index (χ3v) is 4.64. The topological polar surface area (TPSA) is 114 Å². The number of hydrogen-bond acceptors (Lipinski definition) is 6. The molecule has 1 atom stereocenters. The Hall–Kier alpha value is -3.70. The Morgan fingerprint density at radius 3 is 2.73 bits per heavy atom. The number of nitrogens with one attached hydrogen (secondary N) is 1. The summed E-state index contributed by atoms with van der Waals surface area (Å²) < 4.78 is 11.3. The van der Waals surface area contributed by atoms with Gasteiger partial charge in [-0.1, -0.05) is 18.2 Å². The molecule has 2 aromatic carbocycles. The number of carbonyl (C=O) groups excluding carboxylic acids is 1. The number of rotatable bonds is 8.